The van der Waals surface area contributed by atoms with Gasteiger partial charge in [-0.15, -0.1) is 0 Å². The van der Waals surface area contributed by atoms with Gasteiger partial charge in [0.25, 0.3) is 0 Å². The SMILES string of the molecule is COc1ccc(OCCNC(=O)C2CC2C(=O)Nc2ccc(C(C)=O)cc2)cc1. The van der Waals surface area contributed by atoms with Gasteiger partial charge in [0.1, 0.15) is 18.1 Å². The number of benzene rings is 2. The number of hydrogen-bond donors (Lipinski definition) is 2. The van der Waals surface area contributed by atoms with Gasteiger partial charge in [-0.2, -0.15) is 0 Å². The topological polar surface area (TPSA) is 93.7 Å². The Balaban J connectivity index is 1.37. The van der Waals surface area contributed by atoms with Crippen LogP contribution in [-0.4, -0.2) is 37.9 Å². The molecule has 1 aliphatic rings. The molecule has 2 unspecified atom stereocenters. The second-order valence-electron chi connectivity index (χ2n) is 6.89. The molecule has 0 bridgehead atoms. The lowest BCUT2D eigenvalue weighted by atomic mass is 10.1. The summed E-state index contributed by atoms with van der Waals surface area (Å²) < 4.78 is 10.6. The largest absolute Gasteiger partial charge is 0.497 e. The summed E-state index contributed by atoms with van der Waals surface area (Å²) in [6.07, 6.45) is 0.530. The fraction of sp³-hybridized carbons (Fsp3) is 0.318. The highest BCUT2D eigenvalue weighted by atomic mass is 16.5. The van der Waals surface area contributed by atoms with E-state index in [-0.39, 0.29) is 29.4 Å². The number of anilines is 1. The summed E-state index contributed by atoms with van der Waals surface area (Å²) in [6, 6.07) is 13.9. The number of rotatable bonds is 9. The summed E-state index contributed by atoms with van der Waals surface area (Å²) in [5.74, 6) is 0.443. The second-order valence-corrected chi connectivity index (χ2v) is 6.89. The van der Waals surface area contributed by atoms with E-state index in [0.29, 0.717) is 36.6 Å². The van der Waals surface area contributed by atoms with Crippen LogP contribution in [0.2, 0.25) is 0 Å². The Kier molecular flexibility index (Phi) is 6.49. The molecule has 0 radical (unpaired) electrons. The third-order valence-corrected chi connectivity index (χ3v) is 4.75. The standard InChI is InChI=1S/C22H24N2O5/c1-14(25)15-3-5-16(6-4-15)24-22(27)20-13-19(20)21(26)23-11-12-29-18-9-7-17(28-2)8-10-18/h3-10,19-20H,11-13H2,1-2H3,(H,23,26)(H,24,27). The van der Waals surface area contributed by atoms with Crippen molar-refractivity contribution >= 4 is 23.3 Å². The van der Waals surface area contributed by atoms with Gasteiger partial charge in [-0.05, 0) is 61.9 Å². The van der Waals surface area contributed by atoms with E-state index in [4.69, 9.17) is 9.47 Å². The van der Waals surface area contributed by atoms with Crippen molar-refractivity contribution in [1.29, 1.82) is 0 Å². The number of ether oxygens (including phenoxy) is 2. The lowest BCUT2D eigenvalue weighted by Gasteiger charge is -2.09. The van der Waals surface area contributed by atoms with E-state index < -0.39 is 0 Å². The molecule has 2 amide bonds. The van der Waals surface area contributed by atoms with Gasteiger partial charge >= 0.3 is 0 Å². The monoisotopic (exact) mass is 396 g/mol. The average molecular weight is 396 g/mol. The predicted octanol–water partition coefficient (Wildman–Crippen LogP) is 2.67. The summed E-state index contributed by atoms with van der Waals surface area (Å²) >= 11 is 0. The van der Waals surface area contributed by atoms with Gasteiger partial charge in [-0.25, -0.2) is 0 Å². The number of amides is 2. The number of Topliss-reactive ketones (excluding diaryl/α,β-unsaturated/α-hetero) is 1. The molecule has 3 rings (SSSR count). The van der Waals surface area contributed by atoms with Crippen molar-refractivity contribution in [1.82, 2.24) is 5.32 Å². The molecule has 1 saturated carbocycles. The number of ketones is 1. The average Bonchev–Trinajstić information content (AvgIpc) is 3.53. The lowest BCUT2D eigenvalue weighted by Crippen LogP contribution is -2.31. The fourth-order valence-electron chi connectivity index (χ4n) is 2.94. The highest BCUT2D eigenvalue weighted by molar-refractivity contribution is 6.00. The highest BCUT2D eigenvalue weighted by Crippen LogP contribution is 2.39. The van der Waals surface area contributed by atoms with E-state index in [1.165, 1.54) is 6.92 Å². The number of methoxy groups -OCH3 is 1. The number of carbonyl (C=O) groups is 3. The zero-order chi connectivity index (χ0) is 20.8. The number of hydrogen-bond acceptors (Lipinski definition) is 5. The van der Waals surface area contributed by atoms with E-state index in [0.717, 1.165) is 5.75 Å². The Hall–Kier alpha value is -3.35. The molecule has 1 aliphatic carbocycles. The van der Waals surface area contributed by atoms with Gasteiger partial charge in [0.05, 0.1) is 25.5 Å². The van der Waals surface area contributed by atoms with Crippen LogP contribution in [-0.2, 0) is 9.59 Å². The highest BCUT2D eigenvalue weighted by Gasteiger charge is 2.47. The zero-order valence-corrected chi connectivity index (χ0v) is 16.4. The minimum absolute atomic E-state index is 0.0298. The van der Waals surface area contributed by atoms with Crippen molar-refractivity contribution in [3.05, 3.63) is 54.1 Å². The molecule has 0 heterocycles. The number of nitrogens with one attached hydrogen (secondary N) is 2. The van der Waals surface area contributed by atoms with Crippen molar-refractivity contribution in [2.24, 2.45) is 11.8 Å². The zero-order valence-electron chi connectivity index (χ0n) is 16.4. The van der Waals surface area contributed by atoms with Crippen molar-refractivity contribution in [3.63, 3.8) is 0 Å². The van der Waals surface area contributed by atoms with E-state index in [2.05, 4.69) is 10.6 Å². The first-order chi connectivity index (χ1) is 14.0. The van der Waals surface area contributed by atoms with Crippen molar-refractivity contribution < 1.29 is 23.9 Å². The van der Waals surface area contributed by atoms with E-state index >= 15 is 0 Å². The van der Waals surface area contributed by atoms with Gasteiger partial charge in [0.15, 0.2) is 5.78 Å². The summed E-state index contributed by atoms with van der Waals surface area (Å²) in [7, 11) is 1.60. The van der Waals surface area contributed by atoms with Crippen molar-refractivity contribution in [3.8, 4) is 11.5 Å². The van der Waals surface area contributed by atoms with Gasteiger partial charge in [0.2, 0.25) is 11.8 Å². The maximum atomic E-state index is 12.3. The minimum atomic E-state index is -0.329. The number of carbonyl (C=O) groups excluding carboxylic acids is 3. The smallest absolute Gasteiger partial charge is 0.228 e. The third-order valence-electron chi connectivity index (χ3n) is 4.75. The molecule has 0 saturated heterocycles. The molecule has 29 heavy (non-hydrogen) atoms. The quantitative estimate of drug-likeness (QED) is 0.502. The Labute approximate surface area is 169 Å². The molecule has 2 atom stereocenters. The van der Waals surface area contributed by atoms with Crippen LogP contribution < -0.4 is 20.1 Å². The molecule has 0 aliphatic heterocycles. The molecule has 2 aromatic carbocycles. The van der Waals surface area contributed by atoms with Crippen LogP contribution in [0, 0.1) is 11.8 Å². The van der Waals surface area contributed by atoms with Crippen LogP contribution >= 0.6 is 0 Å². The van der Waals surface area contributed by atoms with Gasteiger partial charge in [0, 0.05) is 11.3 Å². The molecule has 7 nitrogen and oxygen atoms in total. The van der Waals surface area contributed by atoms with Gasteiger partial charge in [-0.1, -0.05) is 0 Å². The fourth-order valence-corrected chi connectivity index (χ4v) is 2.94. The summed E-state index contributed by atoms with van der Waals surface area (Å²) in [5, 5.41) is 5.59. The first-order valence-corrected chi connectivity index (χ1v) is 9.44. The van der Waals surface area contributed by atoms with Crippen LogP contribution in [0.5, 0.6) is 11.5 Å². The maximum Gasteiger partial charge on any atom is 0.228 e. The van der Waals surface area contributed by atoms with Gasteiger partial charge < -0.3 is 20.1 Å². The normalized spacial score (nSPS) is 17.2. The molecular weight excluding hydrogens is 372 g/mol. The Morgan fingerprint density at radius 3 is 2.17 bits per heavy atom. The van der Waals surface area contributed by atoms with Crippen LogP contribution in [0.4, 0.5) is 5.69 Å². The first kappa shape index (κ1) is 20.4. The van der Waals surface area contributed by atoms with Crippen LogP contribution in [0.3, 0.4) is 0 Å². The molecule has 7 heteroatoms. The Morgan fingerprint density at radius 1 is 0.931 bits per heavy atom. The van der Waals surface area contributed by atoms with Crippen LogP contribution in [0.25, 0.3) is 0 Å². The Morgan fingerprint density at radius 2 is 1.55 bits per heavy atom. The van der Waals surface area contributed by atoms with Crippen molar-refractivity contribution in [2.45, 2.75) is 13.3 Å². The first-order valence-electron chi connectivity index (χ1n) is 9.44. The molecule has 2 N–H and O–H groups in total. The summed E-state index contributed by atoms with van der Waals surface area (Å²) in [6.45, 7) is 2.19. The molecule has 1 fully saturated rings. The van der Waals surface area contributed by atoms with Crippen LogP contribution in [0.15, 0.2) is 48.5 Å². The minimum Gasteiger partial charge on any atom is -0.497 e. The third kappa shape index (κ3) is 5.57. The van der Waals surface area contributed by atoms with E-state index in [1.807, 2.05) is 0 Å². The molecule has 0 spiro atoms. The van der Waals surface area contributed by atoms with E-state index in [1.54, 1.807) is 55.6 Å². The second kappa shape index (κ2) is 9.23. The lowest BCUT2D eigenvalue weighted by molar-refractivity contribution is -0.125. The Bertz CT molecular complexity index is 877. The van der Waals surface area contributed by atoms with Gasteiger partial charge in [-0.3, -0.25) is 14.4 Å². The van der Waals surface area contributed by atoms with Crippen LogP contribution in [0.1, 0.15) is 23.7 Å². The predicted molar refractivity (Wildman–Crippen MR) is 108 cm³/mol. The molecule has 0 aromatic heterocycles. The maximum absolute atomic E-state index is 12.3. The summed E-state index contributed by atoms with van der Waals surface area (Å²) in [4.78, 5) is 35.8. The van der Waals surface area contributed by atoms with E-state index in [9.17, 15) is 14.4 Å². The van der Waals surface area contributed by atoms with Crippen molar-refractivity contribution in [2.75, 3.05) is 25.6 Å². The molecule has 2 aromatic rings. The molecular formula is C22H24N2O5. The molecule has 152 valence electrons. The summed E-state index contributed by atoms with van der Waals surface area (Å²) in [5.41, 5.74) is 1.20.